The first kappa shape index (κ1) is 18.1. The molecule has 0 aliphatic carbocycles. The lowest BCUT2D eigenvalue weighted by molar-refractivity contribution is 0.102. The topological polar surface area (TPSA) is 85.8 Å². The van der Waals surface area contributed by atoms with Crippen molar-refractivity contribution < 1.29 is 9.21 Å². The number of aromatic nitrogens is 4. The lowest BCUT2D eigenvalue weighted by atomic mass is 10.1. The molecule has 0 atom stereocenters. The fourth-order valence-electron chi connectivity index (χ4n) is 3.54. The second-order valence-corrected chi connectivity index (χ2v) is 6.99. The van der Waals surface area contributed by atoms with E-state index in [1.807, 2.05) is 43.3 Å². The number of hydrogen-bond donors (Lipinski definition) is 1. The molecule has 5 aromatic rings. The quantitative estimate of drug-likeness (QED) is 0.470. The van der Waals surface area contributed by atoms with Gasteiger partial charge in [-0.25, -0.2) is 14.6 Å². The third kappa shape index (κ3) is 3.10. The van der Waals surface area contributed by atoms with Crippen molar-refractivity contribution in [3.63, 3.8) is 0 Å². The Bertz CT molecular complexity index is 1390. The lowest BCUT2D eigenvalue weighted by Crippen LogP contribution is -2.13. The number of nitrogens with one attached hydrogen (secondary N) is 1. The molecule has 0 radical (unpaired) electrons. The maximum atomic E-state index is 13.2. The number of rotatable bonds is 4. The van der Waals surface area contributed by atoms with Gasteiger partial charge in [-0.3, -0.25) is 4.79 Å². The molecule has 7 nitrogen and oxygen atoms in total. The Morgan fingerprint density at radius 1 is 1.10 bits per heavy atom. The fourth-order valence-corrected chi connectivity index (χ4v) is 3.54. The number of oxazole rings is 1. The Hall–Kier alpha value is -4.00. The van der Waals surface area contributed by atoms with Gasteiger partial charge in [-0.1, -0.05) is 30.3 Å². The van der Waals surface area contributed by atoms with Crippen molar-refractivity contribution in [3.8, 4) is 11.3 Å². The number of amides is 1. The molecule has 1 amide bonds. The van der Waals surface area contributed by atoms with Gasteiger partial charge in [-0.2, -0.15) is 5.10 Å². The van der Waals surface area contributed by atoms with Gasteiger partial charge in [0.1, 0.15) is 5.52 Å². The van der Waals surface area contributed by atoms with Crippen LogP contribution in [0.1, 0.15) is 23.2 Å². The monoisotopic (exact) mass is 397 g/mol. The third-order valence-electron chi connectivity index (χ3n) is 4.98. The first-order valence-electron chi connectivity index (χ1n) is 9.73. The highest BCUT2D eigenvalue weighted by Gasteiger charge is 2.18. The minimum atomic E-state index is -0.227. The zero-order valence-corrected chi connectivity index (χ0v) is 16.6. The molecule has 3 heterocycles. The normalized spacial score (nSPS) is 11.3. The summed E-state index contributed by atoms with van der Waals surface area (Å²) in [7, 11) is 0. The van der Waals surface area contributed by atoms with Gasteiger partial charge in [-0.05, 0) is 31.2 Å². The Labute approximate surface area is 172 Å². The molecule has 0 saturated carbocycles. The van der Waals surface area contributed by atoms with Crippen LogP contribution in [0.4, 0.5) is 5.69 Å². The molecule has 5 rings (SSSR count). The van der Waals surface area contributed by atoms with Gasteiger partial charge in [0.05, 0.1) is 22.8 Å². The molecule has 0 saturated heterocycles. The predicted molar refractivity (Wildman–Crippen MR) is 115 cm³/mol. The summed E-state index contributed by atoms with van der Waals surface area (Å²) >= 11 is 0. The second-order valence-electron chi connectivity index (χ2n) is 6.99. The van der Waals surface area contributed by atoms with Gasteiger partial charge < -0.3 is 9.73 Å². The van der Waals surface area contributed by atoms with Crippen LogP contribution < -0.4 is 5.32 Å². The molecule has 0 fully saturated rings. The van der Waals surface area contributed by atoms with Crippen LogP contribution >= 0.6 is 0 Å². The number of anilines is 1. The van der Waals surface area contributed by atoms with Gasteiger partial charge in [-0.15, -0.1) is 0 Å². The van der Waals surface area contributed by atoms with Crippen LogP contribution in [0.5, 0.6) is 0 Å². The van der Waals surface area contributed by atoms with Crippen molar-refractivity contribution in [1.29, 1.82) is 0 Å². The highest BCUT2D eigenvalue weighted by atomic mass is 16.3. The Kier molecular flexibility index (Phi) is 4.28. The summed E-state index contributed by atoms with van der Waals surface area (Å²) in [5.74, 6) is 0.360. The van der Waals surface area contributed by atoms with Crippen LogP contribution in [-0.2, 0) is 6.54 Å². The molecule has 7 heteroatoms. The van der Waals surface area contributed by atoms with Crippen LogP contribution in [0.25, 0.3) is 33.4 Å². The van der Waals surface area contributed by atoms with Crippen LogP contribution in [0.15, 0.2) is 65.2 Å². The van der Waals surface area contributed by atoms with Crippen LogP contribution in [0.3, 0.4) is 0 Å². The number of benzene rings is 2. The Balaban J connectivity index is 1.59. The maximum absolute atomic E-state index is 13.2. The van der Waals surface area contributed by atoms with E-state index in [0.717, 1.165) is 11.3 Å². The van der Waals surface area contributed by atoms with Crippen molar-refractivity contribution in [2.75, 3.05) is 5.32 Å². The highest BCUT2D eigenvalue weighted by molar-refractivity contribution is 6.13. The standard InChI is InChI=1S/C23H19N5O2/c1-3-28-22-18(13-24-28)17(12-19(27-22)15-7-5-4-6-8-15)23(29)26-16-9-10-21-20(11-16)25-14(2)30-21/h4-13H,3H2,1-2H3,(H,26,29). The summed E-state index contributed by atoms with van der Waals surface area (Å²) in [5.41, 5.74) is 4.92. The van der Waals surface area contributed by atoms with Crippen LogP contribution in [0.2, 0.25) is 0 Å². The third-order valence-corrected chi connectivity index (χ3v) is 4.98. The number of aryl methyl sites for hydroxylation is 2. The zero-order valence-electron chi connectivity index (χ0n) is 16.6. The lowest BCUT2D eigenvalue weighted by Gasteiger charge is -2.09. The number of fused-ring (bicyclic) bond motifs is 2. The molecule has 0 bridgehead atoms. The largest absolute Gasteiger partial charge is 0.441 e. The first-order chi connectivity index (χ1) is 14.6. The molecule has 1 N–H and O–H groups in total. The molecular formula is C23H19N5O2. The molecule has 148 valence electrons. The van der Waals surface area contributed by atoms with Gasteiger partial charge in [0, 0.05) is 24.7 Å². The number of hydrogen-bond acceptors (Lipinski definition) is 5. The molecule has 0 aliphatic heterocycles. The SMILES string of the molecule is CCn1ncc2c(C(=O)Nc3ccc4oc(C)nc4c3)cc(-c3ccccc3)nc21. The van der Waals surface area contributed by atoms with E-state index in [0.29, 0.717) is 45.8 Å². The minimum absolute atomic E-state index is 0.227. The van der Waals surface area contributed by atoms with E-state index in [1.54, 1.807) is 36.0 Å². The molecule has 0 unspecified atom stereocenters. The van der Waals surface area contributed by atoms with E-state index in [-0.39, 0.29) is 5.91 Å². The van der Waals surface area contributed by atoms with Gasteiger partial charge in [0.25, 0.3) is 5.91 Å². The summed E-state index contributed by atoms with van der Waals surface area (Å²) in [6.07, 6.45) is 1.69. The summed E-state index contributed by atoms with van der Waals surface area (Å²) in [5, 5.41) is 8.08. The molecule has 2 aromatic carbocycles. The Morgan fingerprint density at radius 2 is 1.93 bits per heavy atom. The van der Waals surface area contributed by atoms with E-state index in [4.69, 9.17) is 9.40 Å². The molecule has 3 aromatic heterocycles. The van der Waals surface area contributed by atoms with E-state index < -0.39 is 0 Å². The van der Waals surface area contributed by atoms with E-state index >= 15 is 0 Å². The molecule has 30 heavy (non-hydrogen) atoms. The van der Waals surface area contributed by atoms with Crippen LogP contribution in [-0.4, -0.2) is 25.7 Å². The second kappa shape index (κ2) is 7.11. The van der Waals surface area contributed by atoms with Crippen LogP contribution in [0, 0.1) is 6.92 Å². The Morgan fingerprint density at radius 3 is 2.73 bits per heavy atom. The van der Waals surface area contributed by atoms with Crippen molar-refractivity contribution >= 4 is 33.7 Å². The number of pyridine rings is 1. The van der Waals surface area contributed by atoms with Crippen molar-refractivity contribution in [2.45, 2.75) is 20.4 Å². The van der Waals surface area contributed by atoms with Gasteiger partial charge >= 0.3 is 0 Å². The number of carbonyl (C=O) groups is 1. The minimum Gasteiger partial charge on any atom is -0.441 e. The summed E-state index contributed by atoms with van der Waals surface area (Å²) in [4.78, 5) is 22.3. The molecule has 0 aliphatic rings. The van der Waals surface area contributed by atoms with Crippen molar-refractivity contribution in [1.82, 2.24) is 19.7 Å². The smallest absolute Gasteiger partial charge is 0.256 e. The highest BCUT2D eigenvalue weighted by Crippen LogP contribution is 2.26. The summed E-state index contributed by atoms with van der Waals surface area (Å²) in [6.45, 7) is 4.46. The zero-order chi connectivity index (χ0) is 20.7. The number of carbonyl (C=O) groups excluding carboxylic acids is 1. The first-order valence-corrected chi connectivity index (χ1v) is 9.73. The molecular weight excluding hydrogens is 378 g/mol. The van der Waals surface area contributed by atoms with Crippen molar-refractivity contribution in [2.24, 2.45) is 0 Å². The van der Waals surface area contributed by atoms with Gasteiger partial charge in [0.15, 0.2) is 17.1 Å². The predicted octanol–water partition coefficient (Wildman–Crippen LogP) is 4.82. The van der Waals surface area contributed by atoms with E-state index in [2.05, 4.69) is 15.4 Å². The van der Waals surface area contributed by atoms with Crippen molar-refractivity contribution in [3.05, 3.63) is 72.2 Å². The summed E-state index contributed by atoms with van der Waals surface area (Å²) in [6, 6.07) is 17.0. The fraction of sp³-hybridized carbons (Fsp3) is 0.130. The number of nitrogens with zero attached hydrogens (tertiary/aromatic N) is 4. The average molecular weight is 397 g/mol. The van der Waals surface area contributed by atoms with Gasteiger partial charge in [0.2, 0.25) is 0 Å². The molecule has 0 spiro atoms. The van der Waals surface area contributed by atoms with E-state index in [1.165, 1.54) is 0 Å². The average Bonchev–Trinajstić information content (AvgIpc) is 3.35. The summed E-state index contributed by atoms with van der Waals surface area (Å²) < 4.78 is 7.30. The maximum Gasteiger partial charge on any atom is 0.256 e. The van der Waals surface area contributed by atoms with E-state index in [9.17, 15) is 4.79 Å².